The van der Waals surface area contributed by atoms with Crippen LogP contribution < -0.4 is 15.2 Å². The van der Waals surface area contributed by atoms with Gasteiger partial charge in [0.25, 0.3) is 0 Å². The first-order chi connectivity index (χ1) is 12.6. The van der Waals surface area contributed by atoms with E-state index in [0.29, 0.717) is 41.9 Å². The molecule has 7 heteroatoms. The Balaban J connectivity index is 1.86. The Morgan fingerprint density at radius 1 is 1.04 bits per heavy atom. The number of aromatic nitrogens is 3. The van der Waals surface area contributed by atoms with Crippen LogP contribution in [0.2, 0.25) is 0 Å². The third-order valence-corrected chi connectivity index (χ3v) is 3.83. The molecule has 0 saturated heterocycles. The number of aromatic amines is 1. The highest BCUT2D eigenvalue weighted by molar-refractivity contribution is 5.54. The van der Waals surface area contributed by atoms with E-state index in [0.717, 1.165) is 5.56 Å². The van der Waals surface area contributed by atoms with Crippen LogP contribution in [0.1, 0.15) is 31.3 Å². The number of nitrogens with two attached hydrogens (primary N) is 1. The fourth-order valence-electron chi connectivity index (χ4n) is 2.56. The minimum Gasteiger partial charge on any atom is -0.490 e. The van der Waals surface area contributed by atoms with Crippen LogP contribution in [0.5, 0.6) is 11.5 Å². The molecule has 1 aromatic heterocycles. The van der Waals surface area contributed by atoms with Gasteiger partial charge in [0.1, 0.15) is 11.6 Å². The van der Waals surface area contributed by atoms with E-state index in [1.807, 2.05) is 32.0 Å². The fourth-order valence-corrected chi connectivity index (χ4v) is 2.56. The zero-order valence-corrected chi connectivity index (χ0v) is 14.7. The molecule has 3 aromatic rings. The highest BCUT2D eigenvalue weighted by Gasteiger charge is 2.17. The van der Waals surface area contributed by atoms with Crippen LogP contribution in [0.4, 0.5) is 4.39 Å². The molecule has 3 N–H and O–H groups in total. The molecule has 3 rings (SSSR count). The van der Waals surface area contributed by atoms with Gasteiger partial charge in [0.15, 0.2) is 17.3 Å². The van der Waals surface area contributed by atoms with Crippen LogP contribution in [0.3, 0.4) is 0 Å². The quantitative estimate of drug-likeness (QED) is 0.677. The standard InChI is InChI=1S/C19H21FN4O2/c1-3-25-15-10-7-13(11-16(15)26-4-2)17(21)19-22-18(23-24-19)12-5-8-14(20)9-6-12/h5-11,17H,3-4,21H2,1-2H3,(H,22,23,24)/t17-/m1/s1. The summed E-state index contributed by atoms with van der Waals surface area (Å²) in [6, 6.07) is 11.0. The summed E-state index contributed by atoms with van der Waals surface area (Å²) in [5, 5.41) is 7.03. The van der Waals surface area contributed by atoms with E-state index in [4.69, 9.17) is 15.2 Å². The first kappa shape index (κ1) is 17.9. The number of benzene rings is 2. The molecule has 26 heavy (non-hydrogen) atoms. The van der Waals surface area contributed by atoms with Crippen molar-refractivity contribution in [1.82, 2.24) is 15.2 Å². The second-order valence-electron chi connectivity index (χ2n) is 5.60. The Hall–Kier alpha value is -2.93. The van der Waals surface area contributed by atoms with Gasteiger partial charge in [-0.1, -0.05) is 6.07 Å². The van der Waals surface area contributed by atoms with Gasteiger partial charge < -0.3 is 15.2 Å². The summed E-state index contributed by atoms with van der Waals surface area (Å²) >= 11 is 0. The molecule has 6 nitrogen and oxygen atoms in total. The predicted molar refractivity (Wildman–Crippen MR) is 96.6 cm³/mol. The number of H-pyrrole nitrogens is 1. The van der Waals surface area contributed by atoms with Gasteiger partial charge in [0.05, 0.1) is 19.3 Å². The van der Waals surface area contributed by atoms with E-state index in [-0.39, 0.29) is 5.82 Å². The van der Waals surface area contributed by atoms with Crippen molar-refractivity contribution < 1.29 is 13.9 Å². The number of rotatable bonds is 7. The predicted octanol–water partition coefficient (Wildman–Crippen LogP) is 3.46. The first-order valence-corrected chi connectivity index (χ1v) is 8.45. The number of nitrogens with one attached hydrogen (secondary N) is 1. The van der Waals surface area contributed by atoms with Crippen molar-refractivity contribution in [3.8, 4) is 22.9 Å². The van der Waals surface area contributed by atoms with Crippen LogP contribution >= 0.6 is 0 Å². The van der Waals surface area contributed by atoms with Gasteiger partial charge in [-0.25, -0.2) is 9.37 Å². The minimum absolute atomic E-state index is 0.306. The average molecular weight is 356 g/mol. The number of hydrogen-bond acceptors (Lipinski definition) is 5. The normalized spacial score (nSPS) is 12.0. The topological polar surface area (TPSA) is 86.0 Å². The van der Waals surface area contributed by atoms with Gasteiger partial charge in [-0.15, -0.1) is 0 Å². The maximum atomic E-state index is 13.1. The van der Waals surface area contributed by atoms with Crippen molar-refractivity contribution in [2.75, 3.05) is 13.2 Å². The number of hydrogen-bond donors (Lipinski definition) is 2. The smallest absolute Gasteiger partial charge is 0.181 e. The molecule has 136 valence electrons. The molecule has 1 heterocycles. The van der Waals surface area contributed by atoms with Gasteiger partial charge in [0.2, 0.25) is 0 Å². The summed E-state index contributed by atoms with van der Waals surface area (Å²) in [4.78, 5) is 4.43. The van der Waals surface area contributed by atoms with Gasteiger partial charge in [0, 0.05) is 5.56 Å². The molecule has 0 amide bonds. The Kier molecular flexibility index (Phi) is 5.48. The molecule has 0 saturated carbocycles. The summed E-state index contributed by atoms with van der Waals surface area (Å²) in [7, 11) is 0. The highest BCUT2D eigenvalue weighted by Crippen LogP contribution is 2.31. The van der Waals surface area contributed by atoms with E-state index in [2.05, 4.69) is 15.2 Å². The second kappa shape index (κ2) is 7.97. The molecule has 1 atom stereocenters. The molecule has 0 spiro atoms. The molecule has 0 unspecified atom stereocenters. The fraction of sp³-hybridized carbons (Fsp3) is 0.263. The van der Waals surface area contributed by atoms with Crippen molar-refractivity contribution in [2.24, 2.45) is 5.73 Å². The Morgan fingerprint density at radius 3 is 2.42 bits per heavy atom. The van der Waals surface area contributed by atoms with Crippen molar-refractivity contribution in [1.29, 1.82) is 0 Å². The minimum atomic E-state index is -0.508. The summed E-state index contributed by atoms with van der Waals surface area (Å²) in [6.07, 6.45) is 0. The van der Waals surface area contributed by atoms with Crippen molar-refractivity contribution in [3.05, 3.63) is 59.7 Å². The molecule has 0 bridgehead atoms. The SMILES string of the molecule is CCOc1ccc([C@@H](N)c2nc(-c3ccc(F)cc3)n[nH]2)cc1OCC. The molecular formula is C19H21FN4O2. The largest absolute Gasteiger partial charge is 0.490 e. The first-order valence-electron chi connectivity index (χ1n) is 8.45. The molecular weight excluding hydrogens is 335 g/mol. The van der Waals surface area contributed by atoms with E-state index in [9.17, 15) is 4.39 Å². The Labute approximate surface area is 151 Å². The lowest BCUT2D eigenvalue weighted by Gasteiger charge is -2.14. The summed E-state index contributed by atoms with van der Waals surface area (Å²) in [5.74, 6) is 1.98. The van der Waals surface area contributed by atoms with Gasteiger partial charge in [-0.3, -0.25) is 5.10 Å². The monoisotopic (exact) mass is 356 g/mol. The lowest BCUT2D eigenvalue weighted by atomic mass is 10.1. The van der Waals surface area contributed by atoms with Crippen LogP contribution in [-0.2, 0) is 0 Å². The van der Waals surface area contributed by atoms with Gasteiger partial charge in [-0.05, 0) is 55.8 Å². The van der Waals surface area contributed by atoms with Crippen LogP contribution in [0, 0.1) is 5.82 Å². The van der Waals surface area contributed by atoms with Crippen molar-refractivity contribution >= 4 is 0 Å². The lowest BCUT2D eigenvalue weighted by Crippen LogP contribution is -2.14. The van der Waals surface area contributed by atoms with Gasteiger partial charge >= 0.3 is 0 Å². The highest BCUT2D eigenvalue weighted by atomic mass is 19.1. The molecule has 0 aliphatic rings. The maximum absolute atomic E-state index is 13.1. The third kappa shape index (κ3) is 3.83. The van der Waals surface area contributed by atoms with Crippen molar-refractivity contribution in [3.63, 3.8) is 0 Å². The molecule has 0 radical (unpaired) electrons. The number of nitrogens with zero attached hydrogens (tertiary/aromatic N) is 2. The number of ether oxygens (including phenoxy) is 2. The Bertz CT molecular complexity index is 864. The lowest BCUT2D eigenvalue weighted by molar-refractivity contribution is 0.287. The third-order valence-electron chi connectivity index (χ3n) is 3.83. The molecule has 0 aliphatic heterocycles. The van der Waals surface area contributed by atoms with E-state index >= 15 is 0 Å². The number of halogens is 1. The van der Waals surface area contributed by atoms with Crippen LogP contribution in [0.25, 0.3) is 11.4 Å². The summed E-state index contributed by atoms with van der Waals surface area (Å²) in [5.41, 5.74) is 7.86. The molecule has 0 fully saturated rings. The van der Waals surface area contributed by atoms with E-state index < -0.39 is 6.04 Å². The summed E-state index contributed by atoms with van der Waals surface area (Å²) in [6.45, 7) is 4.90. The van der Waals surface area contributed by atoms with Crippen LogP contribution in [-0.4, -0.2) is 28.4 Å². The molecule has 2 aromatic carbocycles. The average Bonchev–Trinajstić information content (AvgIpc) is 3.13. The Morgan fingerprint density at radius 2 is 1.73 bits per heavy atom. The second-order valence-corrected chi connectivity index (χ2v) is 5.60. The van der Waals surface area contributed by atoms with Crippen LogP contribution in [0.15, 0.2) is 42.5 Å². The zero-order valence-electron chi connectivity index (χ0n) is 14.7. The maximum Gasteiger partial charge on any atom is 0.181 e. The summed E-state index contributed by atoms with van der Waals surface area (Å²) < 4.78 is 24.3. The van der Waals surface area contributed by atoms with Gasteiger partial charge in [-0.2, -0.15) is 5.10 Å². The van der Waals surface area contributed by atoms with E-state index in [1.54, 1.807) is 12.1 Å². The van der Waals surface area contributed by atoms with Crippen molar-refractivity contribution in [2.45, 2.75) is 19.9 Å². The molecule has 0 aliphatic carbocycles. The zero-order chi connectivity index (χ0) is 18.5. The van der Waals surface area contributed by atoms with E-state index in [1.165, 1.54) is 12.1 Å².